The van der Waals surface area contributed by atoms with Crippen LogP contribution in [0.4, 0.5) is 13.2 Å². The van der Waals surface area contributed by atoms with Crippen molar-refractivity contribution in [3.05, 3.63) is 36.4 Å². The van der Waals surface area contributed by atoms with Gasteiger partial charge >= 0.3 is 5.51 Å². The number of nitrogens with one attached hydrogen (secondary N) is 1. The van der Waals surface area contributed by atoms with Crippen LogP contribution in [0.3, 0.4) is 0 Å². The molecule has 3 nitrogen and oxygen atoms in total. The van der Waals surface area contributed by atoms with Gasteiger partial charge in [0.25, 0.3) is 0 Å². The summed E-state index contributed by atoms with van der Waals surface area (Å²) < 4.78 is 59.8. The summed E-state index contributed by atoms with van der Waals surface area (Å²) in [4.78, 5) is -0.236. The first-order valence-electron chi connectivity index (χ1n) is 4.24. The van der Waals surface area contributed by atoms with Gasteiger partial charge in [0.05, 0.1) is 4.90 Å². The van der Waals surface area contributed by atoms with E-state index in [1.165, 1.54) is 34.5 Å². The smallest absolute Gasteiger partial charge is 0.206 e. The van der Waals surface area contributed by atoms with Gasteiger partial charge in [0.15, 0.2) is 0 Å². The molecule has 17 heavy (non-hydrogen) atoms. The number of sulfonamides is 1. The van der Waals surface area contributed by atoms with Crippen molar-refractivity contribution in [2.75, 3.05) is 0 Å². The second kappa shape index (κ2) is 5.11. The highest BCUT2D eigenvalue weighted by Gasteiger charge is 2.31. The van der Waals surface area contributed by atoms with Crippen molar-refractivity contribution < 1.29 is 21.6 Å². The maximum atomic E-state index is 11.8. The zero-order chi connectivity index (χ0) is 13.1. The molecule has 0 saturated carbocycles. The summed E-state index contributed by atoms with van der Waals surface area (Å²) in [6, 6.07) is 5.30. The van der Waals surface area contributed by atoms with Crippen LogP contribution in [0.2, 0.25) is 0 Å². The first-order chi connectivity index (χ1) is 7.74. The number of halogens is 3. The van der Waals surface area contributed by atoms with Crippen LogP contribution in [0.25, 0.3) is 6.08 Å². The molecular formula is C9H8F3NO2S2. The SMILES string of the molecule is C=Cc1ccc(S(=O)(=O)NSC(F)(F)F)cc1. The van der Waals surface area contributed by atoms with Crippen LogP contribution in [-0.4, -0.2) is 13.9 Å². The molecule has 0 fully saturated rings. The van der Waals surface area contributed by atoms with Gasteiger partial charge in [0.1, 0.15) is 0 Å². The van der Waals surface area contributed by atoms with Crippen molar-refractivity contribution >= 4 is 28.0 Å². The van der Waals surface area contributed by atoms with Gasteiger partial charge in [-0.15, -0.1) is 4.13 Å². The molecule has 0 atom stereocenters. The Morgan fingerprint density at radius 1 is 1.24 bits per heavy atom. The number of rotatable bonds is 4. The fourth-order valence-electron chi connectivity index (χ4n) is 0.933. The lowest BCUT2D eigenvalue weighted by Gasteiger charge is -2.08. The van der Waals surface area contributed by atoms with Crippen LogP contribution < -0.4 is 4.13 Å². The maximum Gasteiger partial charge on any atom is 0.457 e. The normalized spacial score (nSPS) is 12.4. The molecule has 0 saturated heterocycles. The summed E-state index contributed by atoms with van der Waals surface area (Å²) in [5.41, 5.74) is -3.99. The molecule has 0 bridgehead atoms. The predicted molar refractivity (Wildman–Crippen MR) is 60.5 cm³/mol. The van der Waals surface area contributed by atoms with Gasteiger partial charge in [0.2, 0.25) is 10.0 Å². The van der Waals surface area contributed by atoms with E-state index >= 15 is 0 Å². The minimum absolute atomic E-state index is 0.236. The Balaban J connectivity index is 2.86. The number of hydrogen-bond acceptors (Lipinski definition) is 3. The minimum atomic E-state index is -4.66. The molecule has 0 aliphatic rings. The van der Waals surface area contributed by atoms with E-state index in [0.29, 0.717) is 5.56 Å². The van der Waals surface area contributed by atoms with E-state index in [2.05, 4.69) is 6.58 Å². The average Bonchev–Trinajstić information content (AvgIpc) is 2.26. The van der Waals surface area contributed by atoms with Crippen LogP contribution in [0.1, 0.15) is 5.56 Å². The predicted octanol–water partition coefficient (Wildman–Crippen LogP) is 2.78. The topological polar surface area (TPSA) is 46.2 Å². The second-order valence-corrected chi connectivity index (χ2v) is 5.72. The Bertz CT molecular complexity index is 494. The van der Waals surface area contributed by atoms with Crippen LogP contribution in [0, 0.1) is 0 Å². The van der Waals surface area contributed by atoms with Gasteiger partial charge in [-0.2, -0.15) is 13.2 Å². The highest BCUT2D eigenvalue weighted by Crippen LogP contribution is 2.29. The molecule has 0 aliphatic heterocycles. The maximum absolute atomic E-state index is 11.8. The van der Waals surface area contributed by atoms with Crippen LogP contribution in [0.5, 0.6) is 0 Å². The molecule has 0 aromatic heterocycles. The van der Waals surface area contributed by atoms with Gasteiger partial charge < -0.3 is 0 Å². The van der Waals surface area contributed by atoms with Gasteiger partial charge in [-0.25, -0.2) is 8.42 Å². The van der Waals surface area contributed by atoms with Crippen molar-refractivity contribution in [2.45, 2.75) is 10.4 Å². The van der Waals surface area contributed by atoms with E-state index in [-0.39, 0.29) is 4.90 Å². The molecular weight excluding hydrogens is 275 g/mol. The van der Waals surface area contributed by atoms with E-state index in [0.717, 1.165) is 0 Å². The second-order valence-electron chi connectivity index (χ2n) is 2.91. The molecule has 94 valence electrons. The Labute approximate surface area is 101 Å². The first kappa shape index (κ1) is 14.1. The van der Waals surface area contributed by atoms with Gasteiger partial charge in [0, 0.05) is 11.9 Å². The van der Waals surface area contributed by atoms with Gasteiger partial charge in [-0.1, -0.05) is 24.8 Å². The Morgan fingerprint density at radius 3 is 2.18 bits per heavy atom. The van der Waals surface area contributed by atoms with Crippen LogP contribution in [0.15, 0.2) is 35.7 Å². The van der Waals surface area contributed by atoms with E-state index < -0.39 is 27.5 Å². The fraction of sp³-hybridized carbons (Fsp3) is 0.111. The lowest BCUT2D eigenvalue weighted by atomic mass is 10.2. The van der Waals surface area contributed by atoms with Crippen molar-refractivity contribution in [3.63, 3.8) is 0 Å². The van der Waals surface area contributed by atoms with Crippen molar-refractivity contribution in [1.82, 2.24) is 4.13 Å². The molecule has 1 rings (SSSR count). The summed E-state index contributed by atoms with van der Waals surface area (Å²) in [5.74, 6) is 0. The van der Waals surface area contributed by atoms with Crippen LogP contribution >= 0.6 is 11.9 Å². The number of alkyl halides is 3. The molecule has 0 heterocycles. The van der Waals surface area contributed by atoms with E-state index in [1.807, 2.05) is 0 Å². The zero-order valence-corrected chi connectivity index (χ0v) is 9.99. The van der Waals surface area contributed by atoms with Gasteiger partial charge in [-0.05, 0) is 17.7 Å². The molecule has 0 amide bonds. The fourth-order valence-corrected chi connectivity index (χ4v) is 2.63. The Hall–Kier alpha value is -0.990. The van der Waals surface area contributed by atoms with Crippen molar-refractivity contribution in [1.29, 1.82) is 0 Å². The molecule has 0 unspecified atom stereocenters. The summed E-state index contributed by atoms with van der Waals surface area (Å²) in [5, 5.41) is 0. The Morgan fingerprint density at radius 2 is 1.76 bits per heavy atom. The lowest BCUT2D eigenvalue weighted by Crippen LogP contribution is -2.21. The van der Waals surface area contributed by atoms with E-state index in [9.17, 15) is 21.6 Å². The summed E-state index contributed by atoms with van der Waals surface area (Å²) in [6.07, 6.45) is 1.49. The highest BCUT2D eigenvalue weighted by molar-refractivity contribution is 8.09. The van der Waals surface area contributed by atoms with Crippen molar-refractivity contribution in [3.8, 4) is 0 Å². The molecule has 1 N–H and O–H groups in total. The van der Waals surface area contributed by atoms with Gasteiger partial charge in [-0.3, -0.25) is 0 Å². The zero-order valence-electron chi connectivity index (χ0n) is 8.36. The third-order valence-electron chi connectivity index (χ3n) is 1.69. The van der Waals surface area contributed by atoms with Crippen LogP contribution in [-0.2, 0) is 10.0 Å². The minimum Gasteiger partial charge on any atom is -0.206 e. The standard InChI is InChI=1S/C9H8F3NO2S2/c1-2-7-3-5-8(6-4-7)17(14,15)13-16-9(10,11)12/h2-6,13H,1H2. The summed E-state index contributed by atoms with van der Waals surface area (Å²) in [6.45, 7) is 3.47. The highest BCUT2D eigenvalue weighted by atomic mass is 32.3. The monoisotopic (exact) mass is 283 g/mol. The molecule has 8 heteroatoms. The molecule has 0 aliphatic carbocycles. The molecule has 0 spiro atoms. The molecule has 1 aromatic carbocycles. The van der Waals surface area contributed by atoms with E-state index in [4.69, 9.17) is 0 Å². The molecule has 0 radical (unpaired) electrons. The largest absolute Gasteiger partial charge is 0.457 e. The quantitative estimate of drug-likeness (QED) is 0.864. The summed E-state index contributed by atoms with van der Waals surface area (Å²) in [7, 11) is -4.16. The summed E-state index contributed by atoms with van der Waals surface area (Å²) >= 11 is -0.813. The number of hydrogen-bond donors (Lipinski definition) is 1. The Kier molecular flexibility index (Phi) is 4.23. The third-order valence-corrected chi connectivity index (χ3v) is 4.03. The molecule has 1 aromatic rings. The van der Waals surface area contributed by atoms with Crippen molar-refractivity contribution in [2.24, 2.45) is 0 Å². The first-order valence-corrected chi connectivity index (χ1v) is 6.53. The number of benzene rings is 1. The lowest BCUT2D eigenvalue weighted by molar-refractivity contribution is -0.0331. The average molecular weight is 283 g/mol. The third kappa shape index (κ3) is 4.41. The van der Waals surface area contributed by atoms with E-state index in [1.54, 1.807) is 0 Å².